The van der Waals surface area contributed by atoms with E-state index in [0.29, 0.717) is 0 Å². The maximum absolute atomic E-state index is 3.84. The van der Waals surface area contributed by atoms with Crippen molar-refractivity contribution in [2.45, 2.75) is 99.1 Å². The van der Waals surface area contributed by atoms with Crippen molar-refractivity contribution in [1.82, 2.24) is 20.4 Å². The molecule has 1 aliphatic heterocycles. The Morgan fingerprint density at radius 2 is 1.59 bits per heavy atom. The molecule has 1 saturated heterocycles. The summed E-state index contributed by atoms with van der Waals surface area (Å²) in [5, 5.41) is 7.28. The lowest BCUT2D eigenvalue weighted by molar-refractivity contribution is 0.128. The molecule has 5 heteroatoms. The number of piperidine rings is 1. The average Bonchev–Trinajstić information content (AvgIpc) is 2.77. The van der Waals surface area contributed by atoms with Gasteiger partial charge in [-0.15, -0.1) is 0 Å². The highest BCUT2D eigenvalue weighted by Gasteiger charge is 2.25. The fourth-order valence-electron chi connectivity index (χ4n) is 5.76. The lowest BCUT2D eigenvalue weighted by atomic mass is 9.83. The Morgan fingerprint density at radius 1 is 0.897 bits per heavy atom. The molecule has 3 rings (SSSR count). The van der Waals surface area contributed by atoms with E-state index in [9.17, 15) is 0 Å². The van der Waals surface area contributed by atoms with Crippen molar-refractivity contribution >= 4 is 22.6 Å². The van der Waals surface area contributed by atoms with Gasteiger partial charge in [0, 0.05) is 35.1 Å². The van der Waals surface area contributed by atoms with Crippen LogP contribution in [0, 0.1) is 5.92 Å². The Bertz CT molecular complexity index is 425. The van der Waals surface area contributed by atoms with Crippen LogP contribution in [0.1, 0.15) is 77.0 Å². The van der Waals surface area contributed by atoms with E-state index in [-0.39, 0.29) is 0 Å². The van der Waals surface area contributed by atoms with Crippen LogP contribution in [0.15, 0.2) is 0 Å². The van der Waals surface area contributed by atoms with Gasteiger partial charge in [-0.2, -0.15) is 0 Å². The van der Waals surface area contributed by atoms with E-state index in [1.54, 1.807) is 0 Å². The van der Waals surface area contributed by atoms with E-state index < -0.39 is 0 Å². The van der Waals surface area contributed by atoms with Crippen LogP contribution in [0.5, 0.6) is 0 Å². The summed E-state index contributed by atoms with van der Waals surface area (Å²) < 4.78 is 0.935. The van der Waals surface area contributed by atoms with E-state index >= 15 is 0 Å². The fraction of sp³-hybridized carbons (Fsp3) is 1.00. The van der Waals surface area contributed by atoms with Gasteiger partial charge in [-0.3, -0.25) is 0 Å². The lowest BCUT2D eigenvalue weighted by Crippen LogP contribution is -2.45. The largest absolute Gasteiger partial charge is 0.317 e. The van der Waals surface area contributed by atoms with Crippen LogP contribution in [-0.2, 0) is 0 Å². The van der Waals surface area contributed by atoms with Gasteiger partial charge >= 0.3 is 0 Å². The quantitative estimate of drug-likeness (QED) is 0.257. The predicted molar refractivity (Wildman–Crippen MR) is 134 cm³/mol. The highest BCUT2D eigenvalue weighted by molar-refractivity contribution is 14.1. The Kier molecular flexibility index (Phi) is 11.0. The van der Waals surface area contributed by atoms with Gasteiger partial charge in [-0.05, 0) is 117 Å². The maximum Gasteiger partial charge on any atom is 0.0111 e. The summed E-state index contributed by atoms with van der Waals surface area (Å²) in [5.74, 6) is 0.993. The predicted octanol–water partition coefficient (Wildman–Crippen LogP) is 4.28. The first kappa shape index (κ1) is 24.2. The molecule has 2 N–H and O–H groups in total. The minimum atomic E-state index is 0.750. The number of nitrogens with zero attached hydrogens (tertiary/aromatic N) is 2. The van der Waals surface area contributed by atoms with Crippen molar-refractivity contribution < 1.29 is 0 Å². The highest BCUT2D eigenvalue weighted by atomic mass is 127. The number of rotatable bonds is 10. The zero-order valence-electron chi connectivity index (χ0n) is 19.2. The molecule has 0 atom stereocenters. The standard InChI is InChI=1S/C24H47IN4/c1-26-22-13-16-29(17-14-22)19-18-28(2)24-11-5-20(6-12-24)4-3-15-27-23-9-7-21(25)8-10-23/h20-24,26-27H,3-19H2,1-2H3. The number of nitrogens with one attached hydrogen (secondary N) is 2. The van der Waals surface area contributed by atoms with Crippen molar-refractivity contribution in [3.05, 3.63) is 0 Å². The van der Waals surface area contributed by atoms with Crippen LogP contribution >= 0.6 is 22.6 Å². The molecular formula is C24H47IN4. The summed E-state index contributed by atoms with van der Waals surface area (Å²) in [6.45, 7) is 6.32. The van der Waals surface area contributed by atoms with Gasteiger partial charge in [0.1, 0.15) is 0 Å². The summed E-state index contributed by atoms with van der Waals surface area (Å²) in [4.78, 5) is 5.35. The molecule has 29 heavy (non-hydrogen) atoms. The van der Waals surface area contributed by atoms with Crippen molar-refractivity contribution in [1.29, 1.82) is 0 Å². The van der Waals surface area contributed by atoms with Crippen molar-refractivity contribution in [3.8, 4) is 0 Å². The van der Waals surface area contributed by atoms with Crippen LogP contribution in [0.2, 0.25) is 0 Å². The third-order valence-corrected chi connectivity index (χ3v) is 9.33. The van der Waals surface area contributed by atoms with Gasteiger partial charge in [0.05, 0.1) is 0 Å². The van der Waals surface area contributed by atoms with Crippen LogP contribution in [0.4, 0.5) is 0 Å². The summed E-state index contributed by atoms with van der Waals surface area (Å²) in [6, 6.07) is 2.40. The van der Waals surface area contributed by atoms with Crippen molar-refractivity contribution in [2.24, 2.45) is 5.92 Å². The molecule has 3 fully saturated rings. The fourth-order valence-corrected chi connectivity index (χ4v) is 6.47. The first-order valence-electron chi connectivity index (χ1n) is 12.6. The van der Waals surface area contributed by atoms with Gasteiger partial charge in [-0.25, -0.2) is 0 Å². The molecule has 0 aromatic rings. The third-order valence-electron chi connectivity index (χ3n) is 8.08. The maximum atomic E-state index is 3.84. The van der Waals surface area contributed by atoms with Crippen LogP contribution in [-0.4, -0.2) is 78.7 Å². The normalized spacial score (nSPS) is 32.7. The number of hydrogen-bond acceptors (Lipinski definition) is 4. The minimum Gasteiger partial charge on any atom is -0.317 e. The van der Waals surface area contributed by atoms with Crippen molar-refractivity contribution in [3.63, 3.8) is 0 Å². The molecule has 170 valence electrons. The SMILES string of the molecule is CNC1CCN(CCN(C)C2CCC(CCCNC3CCC(I)CC3)CC2)CC1. The molecule has 0 aromatic carbocycles. The Hall–Kier alpha value is 0.570. The van der Waals surface area contributed by atoms with Gasteiger partial charge in [-0.1, -0.05) is 22.6 Å². The van der Waals surface area contributed by atoms with E-state index in [1.807, 2.05) is 0 Å². The molecule has 4 nitrogen and oxygen atoms in total. The Balaban J connectivity index is 1.21. The van der Waals surface area contributed by atoms with E-state index in [2.05, 4.69) is 57.1 Å². The molecular weight excluding hydrogens is 471 g/mol. The average molecular weight is 519 g/mol. The lowest BCUT2D eigenvalue weighted by Gasteiger charge is -2.37. The summed E-state index contributed by atoms with van der Waals surface area (Å²) >= 11 is 2.63. The van der Waals surface area contributed by atoms with E-state index in [1.165, 1.54) is 110 Å². The molecule has 0 spiro atoms. The number of alkyl halides is 1. The highest BCUT2D eigenvalue weighted by Crippen LogP contribution is 2.30. The van der Waals surface area contributed by atoms with E-state index in [4.69, 9.17) is 0 Å². The zero-order valence-corrected chi connectivity index (χ0v) is 21.3. The first-order valence-corrected chi connectivity index (χ1v) is 13.9. The molecule has 3 aliphatic rings. The first-order chi connectivity index (χ1) is 14.1. The van der Waals surface area contributed by atoms with Crippen molar-refractivity contribution in [2.75, 3.05) is 46.8 Å². The van der Waals surface area contributed by atoms with Gasteiger partial charge in [0.15, 0.2) is 0 Å². The number of likely N-dealkylation sites (N-methyl/N-ethyl adjacent to an activating group) is 1. The van der Waals surface area contributed by atoms with Crippen LogP contribution < -0.4 is 10.6 Å². The second-order valence-corrected chi connectivity index (χ2v) is 11.9. The Labute approximate surface area is 194 Å². The van der Waals surface area contributed by atoms with Crippen LogP contribution in [0.3, 0.4) is 0 Å². The molecule has 0 unspecified atom stereocenters. The number of likely N-dealkylation sites (tertiary alicyclic amines) is 1. The molecule has 0 amide bonds. The number of halogens is 1. The number of hydrogen-bond donors (Lipinski definition) is 2. The molecule has 0 bridgehead atoms. The molecule has 0 radical (unpaired) electrons. The summed E-state index contributed by atoms with van der Waals surface area (Å²) in [5.41, 5.74) is 0. The van der Waals surface area contributed by atoms with Gasteiger partial charge in [0.25, 0.3) is 0 Å². The van der Waals surface area contributed by atoms with E-state index in [0.717, 1.165) is 28.0 Å². The molecule has 1 heterocycles. The second-order valence-electron chi connectivity index (χ2n) is 10.1. The minimum absolute atomic E-state index is 0.750. The summed E-state index contributed by atoms with van der Waals surface area (Å²) in [7, 11) is 4.48. The van der Waals surface area contributed by atoms with Gasteiger partial charge < -0.3 is 20.4 Å². The molecule has 2 saturated carbocycles. The molecule has 0 aromatic heterocycles. The summed E-state index contributed by atoms with van der Waals surface area (Å²) in [6.07, 6.45) is 16.9. The smallest absolute Gasteiger partial charge is 0.0111 e. The Morgan fingerprint density at radius 3 is 2.24 bits per heavy atom. The van der Waals surface area contributed by atoms with Gasteiger partial charge in [0.2, 0.25) is 0 Å². The zero-order chi connectivity index (χ0) is 20.5. The van der Waals surface area contributed by atoms with Crippen LogP contribution in [0.25, 0.3) is 0 Å². The second kappa shape index (κ2) is 13.2. The molecule has 2 aliphatic carbocycles. The topological polar surface area (TPSA) is 30.5 Å². The third kappa shape index (κ3) is 8.55. The monoisotopic (exact) mass is 518 g/mol.